The van der Waals surface area contributed by atoms with Crippen LogP contribution in [0.25, 0.3) is 0 Å². The number of unbranched alkanes of at least 4 members (excludes halogenated alkanes) is 21. The van der Waals surface area contributed by atoms with Gasteiger partial charge in [0.15, 0.2) is 6.10 Å². The molecule has 0 heterocycles. The molecule has 0 aromatic rings. The molecule has 0 radical (unpaired) electrons. The molecule has 0 saturated heterocycles. The van der Waals surface area contributed by atoms with Gasteiger partial charge in [0.05, 0.1) is 0 Å². The number of allylic oxidation sites excluding steroid dienone is 26. The maximum absolute atomic E-state index is 12.9. The van der Waals surface area contributed by atoms with Gasteiger partial charge in [-0.2, -0.15) is 0 Å². The van der Waals surface area contributed by atoms with E-state index in [0.29, 0.717) is 19.3 Å². The van der Waals surface area contributed by atoms with Crippen LogP contribution in [-0.2, 0) is 28.6 Å². The summed E-state index contributed by atoms with van der Waals surface area (Å²) < 4.78 is 16.8. The Bertz CT molecular complexity index is 1810. The number of ether oxygens (including phenoxy) is 3. The molecule has 0 rings (SSSR count). The number of carbonyl (C=O) groups is 3. The molecule has 6 nitrogen and oxygen atoms in total. The number of hydrogen-bond acceptors (Lipinski definition) is 6. The molecular weight excluding hydrogens is 997 g/mol. The molecule has 0 spiro atoms. The average Bonchev–Trinajstić information content (AvgIpc) is 3.47. The predicted octanol–water partition coefficient (Wildman–Crippen LogP) is 22.9. The van der Waals surface area contributed by atoms with Gasteiger partial charge in [-0.15, -0.1) is 0 Å². The minimum Gasteiger partial charge on any atom is -0.462 e. The molecule has 0 aromatic carbocycles. The minimum absolute atomic E-state index is 0.0896. The Labute approximate surface area is 499 Å². The number of hydrogen-bond donors (Lipinski definition) is 0. The lowest BCUT2D eigenvalue weighted by molar-refractivity contribution is -0.167. The van der Waals surface area contributed by atoms with Gasteiger partial charge in [0.25, 0.3) is 0 Å². The Morgan fingerprint density at radius 1 is 0.259 bits per heavy atom. The smallest absolute Gasteiger partial charge is 0.306 e. The topological polar surface area (TPSA) is 78.9 Å². The third kappa shape index (κ3) is 65.7. The van der Waals surface area contributed by atoms with Crippen LogP contribution >= 0.6 is 0 Å². The molecule has 81 heavy (non-hydrogen) atoms. The third-order valence-electron chi connectivity index (χ3n) is 13.5. The summed E-state index contributed by atoms with van der Waals surface area (Å²) in [5, 5.41) is 0. The first-order chi connectivity index (χ1) is 40.0. The van der Waals surface area contributed by atoms with Gasteiger partial charge in [-0.05, 0) is 128 Å². The molecule has 0 aliphatic rings. The first-order valence-corrected chi connectivity index (χ1v) is 33.0. The van der Waals surface area contributed by atoms with Crippen molar-refractivity contribution in [2.75, 3.05) is 13.2 Å². The lowest BCUT2D eigenvalue weighted by atomic mass is 10.1. The van der Waals surface area contributed by atoms with Crippen LogP contribution in [0.5, 0.6) is 0 Å². The van der Waals surface area contributed by atoms with Gasteiger partial charge in [0, 0.05) is 19.3 Å². The standard InChI is InChI=1S/C75H120O6/c1-4-7-10-13-16-18-20-22-24-26-28-30-32-34-36-37-39-40-42-44-46-48-50-52-54-56-59-62-65-68-74(77)80-71-72(70-79-73(76)67-64-61-58-15-12-9-6-3)81-75(78)69-66-63-60-57-55-53-51-49-47-45-43-41-38-35-33-31-29-27-25-23-21-19-17-14-11-8-5-2/h7-8,10-11,16-19,22-25,28-31,34-36,38-40,43-46,72H,4-6,9,12-15,20-21,26-27,32-33,37,41-42,47-71H2,1-3H3/b10-7-,11-8-,18-16-,19-17-,24-22-,25-23-,30-28-,31-29-,36-34-,38-35-,40-39-,45-43-,46-44-. The number of rotatable bonds is 58. The highest BCUT2D eigenvalue weighted by Crippen LogP contribution is 2.15. The molecule has 0 amide bonds. The molecule has 0 aromatic heterocycles. The maximum atomic E-state index is 12.9. The van der Waals surface area contributed by atoms with E-state index in [1.165, 1.54) is 83.5 Å². The van der Waals surface area contributed by atoms with Gasteiger partial charge in [0.1, 0.15) is 13.2 Å². The Kier molecular flexibility index (Phi) is 63.4. The largest absolute Gasteiger partial charge is 0.462 e. The van der Waals surface area contributed by atoms with Gasteiger partial charge in [-0.25, -0.2) is 0 Å². The quantitative estimate of drug-likeness (QED) is 0.0261. The lowest BCUT2D eigenvalue weighted by Crippen LogP contribution is -2.30. The van der Waals surface area contributed by atoms with Crippen LogP contribution in [-0.4, -0.2) is 37.2 Å². The fourth-order valence-electron chi connectivity index (χ4n) is 8.66. The highest BCUT2D eigenvalue weighted by atomic mass is 16.6. The average molecular weight is 1120 g/mol. The van der Waals surface area contributed by atoms with Crippen molar-refractivity contribution in [3.05, 3.63) is 158 Å². The molecule has 6 heteroatoms. The molecule has 0 bridgehead atoms. The second kappa shape index (κ2) is 67.5. The monoisotopic (exact) mass is 1120 g/mol. The highest BCUT2D eigenvalue weighted by Gasteiger charge is 2.19. The summed E-state index contributed by atoms with van der Waals surface area (Å²) in [6.45, 7) is 6.35. The van der Waals surface area contributed by atoms with E-state index in [1.54, 1.807) is 0 Å². The van der Waals surface area contributed by atoms with Gasteiger partial charge >= 0.3 is 17.9 Å². The maximum Gasteiger partial charge on any atom is 0.306 e. The second-order valence-corrected chi connectivity index (χ2v) is 21.3. The van der Waals surface area contributed by atoms with Crippen LogP contribution in [0.15, 0.2) is 158 Å². The van der Waals surface area contributed by atoms with E-state index >= 15 is 0 Å². The van der Waals surface area contributed by atoms with Crippen LogP contribution in [0.1, 0.15) is 278 Å². The first kappa shape index (κ1) is 76.0. The second-order valence-electron chi connectivity index (χ2n) is 21.3. The summed E-state index contributed by atoms with van der Waals surface area (Å²) in [4.78, 5) is 38.1. The van der Waals surface area contributed by atoms with Crippen LogP contribution < -0.4 is 0 Å². The van der Waals surface area contributed by atoms with Gasteiger partial charge in [0.2, 0.25) is 0 Å². The summed E-state index contributed by atoms with van der Waals surface area (Å²) >= 11 is 0. The van der Waals surface area contributed by atoms with Crippen molar-refractivity contribution in [2.45, 2.75) is 284 Å². The van der Waals surface area contributed by atoms with Gasteiger partial charge < -0.3 is 14.2 Å². The molecule has 0 saturated carbocycles. The van der Waals surface area contributed by atoms with E-state index in [9.17, 15) is 14.4 Å². The fourth-order valence-corrected chi connectivity index (χ4v) is 8.66. The van der Waals surface area contributed by atoms with Crippen molar-refractivity contribution in [3.63, 3.8) is 0 Å². The van der Waals surface area contributed by atoms with E-state index in [-0.39, 0.29) is 31.1 Å². The third-order valence-corrected chi connectivity index (χ3v) is 13.5. The van der Waals surface area contributed by atoms with Crippen LogP contribution in [0.3, 0.4) is 0 Å². The Balaban J connectivity index is 4.22. The van der Waals surface area contributed by atoms with Crippen molar-refractivity contribution < 1.29 is 28.6 Å². The van der Waals surface area contributed by atoms with Crippen molar-refractivity contribution in [1.82, 2.24) is 0 Å². The summed E-state index contributed by atoms with van der Waals surface area (Å²) in [6, 6.07) is 0. The van der Waals surface area contributed by atoms with E-state index in [1.807, 2.05) is 0 Å². The lowest BCUT2D eigenvalue weighted by Gasteiger charge is -2.18. The molecule has 0 aliphatic heterocycles. The SMILES string of the molecule is CC/C=C\C/C=C\C/C=C\C/C=C\C/C=C\C/C=C\C/C=C\CCCCCCCCCC(=O)OCC(COC(=O)CCCCCCCCC)OC(=O)CCCCCCCCCC/C=C\C/C=C\C/C=C\C/C=C\C/C=C\C/C=C\CC. The van der Waals surface area contributed by atoms with Gasteiger partial charge in [-0.3, -0.25) is 14.4 Å². The minimum atomic E-state index is -0.793. The van der Waals surface area contributed by atoms with Crippen LogP contribution in [0, 0.1) is 0 Å². The summed E-state index contributed by atoms with van der Waals surface area (Å²) in [7, 11) is 0. The number of esters is 3. The van der Waals surface area contributed by atoms with Gasteiger partial charge in [-0.1, -0.05) is 288 Å². The summed E-state index contributed by atoms with van der Waals surface area (Å²) in [5.41, 5.74) is 0. The molecule has 1 unspecified atom stereocenters. The molecule has 1 atom stereocenters. The van der Waals surface area contributed by atoms with Crippen molar-refractivity contribution in [2.24, 2.45) is 0 Å². The van der Waals surface area contributed by atoms with E-state index < -0.39 is 6.10 Å². The van der Waals surface area contributed by atoms with Crippen LogP contribution in [0.4, 0.5) is 0 Å². The normalized spacial score (nSPS) is 13.2. The zero-order valence-electron chi connectivity index (χ0n) is 52.2. The zero-order chi connectivity index (χ0) is 58.5. The summed E-state index contributed by atoms with van der Waals surface area (Å²) in [5.74, 6) is -0.918. The van der Waals surface area contributed by atoms with Crippen molar-refractivity contribution >= 4 is 17.9 Å². The van der Waals surface area contributed by atoms with E-state index in [4.69, 9.17) is 14.2 Å². The van der Waals surface area contributed by atoms with Crippen LogP contribution in [0.2, 0.25) is 0 Å². The Hall–Kier alpha value is -4.97. The molecule has 0 N–H and O–H groups in total. The zero-order valence-corrected chi connectivity index (χ0v) is 52.2. The van der Waals surface area contributed by atoms with E-state index in [0.717, 1.165) is 154 Å². The van der Waals surface area contributed by atoms with Crippen molar-refractivity contribution in [3.8, 4) is 0 Å². The molecule has 0 aliphatic carbocycles. The Morgan fingerprint density at radius 3 is 0.753 bits per heavy atom. The Morgan fingerprint density at radius 2 is 0.481 bits per heavy atom. The molecular formula is C75H120O6. The number of carbonyl (C=O) groups excluding carboxylic acids is 3. The highest BCUT2D eigenvalue weighted by molar-refractivity contribution is 5.71. The summed E-state index contributed by atoms with van der Waals surface area (Å²) in [6.07, 6.45) is 98.4. The fraction of sp³-hybridized carbons (Fsp3) is 0.613. The van der Waals surface area contributed by atoms with E-state index in [2.05, 4.69) is 179 Å². The predicted molar refractivity (Wildman–Crippen MR) is 352 cm³/mol. The van der Waals surface area contributed by atoms with Crippen molar-refractivity contribution in [1.29, 1.82) is 0 Å². The molecule has 0 fully saturated rings. The molecule has 456 valence electrons. The first-order valence-electron chi connectivity index (χ1n) is 33.0.